The van der Waals surface area contributed by atoms with Crippen LogP contribution in [0, 0.1) is 5.41 Å². The molecule has 5 nitrogen and oxygen atoms in total. The van der Waals surface area contributed by atoms with Crippen LogP contribution in [0.1, 0.15) is 59.7 Å². The zero-order valence-corrected chi connectivity index (χ0v) is 14.2. The average molecular weight is 294 g/mol. The summed E-state index contributed by atoms with van der Waals surface area (Å²) < 4.78 is 0. The molecule has 21 heavy (non-hydrogen) atoms. The van der Waals surface area contributed by atoms with E-state index < -0.39 is 0 Å². The largest absolute Gasteiger partial charge is 0.391 e. The molecule has 0 aliphatic carbocycles. The van der Waals surface area contributed by atoms with Gasteiger partial charge in [-0.15, -0.1) is 0 Å². The van der Waals surface area contributed by atoms with E-state index in [2.05, 4.69) is 55.2 Å². The van der Waals surface area contributed by atoms with Crippen LogP contribution < -0.4 is 10.6 Å². The van der Waals surface area contributed by atoms with Gasteiger partial charge in [0.05, 0.1) is 6.10 Å². The summed E-state index contributed by atoms with van der Waals surface area (Å²) in [6.07, 6.45) is 0.368. The lowest BCUT2D eigenvalue weighted by Gasteiger charge is -2.22. The van der Waals surface area contributed by atoms with Gasteiger partial charge in [-0.1, -0.05) is 34.6 Å². The first-order valence-corrected chi connectivity index (χ1v) is 7.76. The van der Waals surface area contributed by atoms with Crippen molar-refractivity contribution >= 4 is 11.6 Å². The Bertz CT molecular complexity index is 440. The summed E-state index contributed by atoms with van der Waals surface area (Å²) in [5, 5.41) is 16.5. The number of aliphatic hydroxyl groups is 1. The van der Waals surface area contributed by atoms with Gasteiger partial charge in [0.25, 0.3) is 0 Å². The van der Waals surface area contributed by atoms with Gasteiger partial charge in [0.2, 0.25) is 0 Å². The smallest absolute Gasteiger partial charge is 0.135 e. The molecule has 1 heterocycles. The molecule has 0 amide bonds. The lowest BCUT2D eigenvalue weighted by atomic mass is 9.89. The van der Waals surface area contributed by atoms with E-state index in [0.29, 0.717) is 6.54 Å². The van der Waals surface area contributed by atoms with Gasteiger partial charge in [-0.25, -0.2) is 9.97 Å². The predicted octanol–water partition coefficient (Wildman–Crippen LogP) is 3.24. The number of aliphatic hydroxyl groups excluding tert-OH is 1. The predicted molar refractivity (Wildman–Crippen MR) is 88.9 cm³/mol. The molecule has 0 saturated heterocycles. The van der Waals surface area contributed by atoms with E-state index in [-0.39, 0.29) is 17.4 Å². The lowest BCUT2D eigenvalue weighted by molar-refractivity contribution is 0.132. The van der Waals surface area contributed by atoms with Crippen LogP contribution in [-0.4, -0.2) is 34.3 Å². The molecule has 0 aromatic carbocycles. The summed E-state index contributed by atoms with van der Waals surface area (Å²) in [6.45, 7) is 13.9. The van der Waals surface area contributed by atoms with E-state index in [4.69, 9.17) is 0 Å². The van der Waals surface area contributed by atoms with Crippen LogP contribution in [0.2, 0.25) is 0 Å². The fourth-order valence-corrected chi connectivity index (χ4v) is 2.09. The summed E-state index contributed by atoms with van der Waals surface area (Å²) >= 11 is 0. The van der Waals surface area contributed by atoms with Crippen LogP contribution in [0.5, 0.6) is 0 Å². The topological polar surface area (TPSA) is 70.1 Å². The number of anilines is 2. The molecule has 0 radical (unpaired) electrons. The maximum atomic E-state index is 10.1. The second-order valence-electron chi connectivity index (χ2n) is 6.98. The van der Waals surface area contributed by atoms with Gasteiger partial charge >= 0.3 is 0 Å². The Hall–Kier alpha value is -1.36. The van der Waals surface area contributed by atoms with Crippen molar-refractivity contribution in [2.45, 2.75) is 60.0 Å². The Balaban J connectivity index is 2.73. The van der Waals surface area contributed by atoms with E-state index in [1.54, 1.807) is 0 Å². The highest BCUT2D eigenvalue weighted by atomic mass is 16.3. The summed E-state index contributed by atoms with van der Waals surface area (Å²) in [4.78, 5) is 8.99. The van der Waals surface area contributed by atoms with E-state index >= 15 is 0 Å². The molecular formula is C16H30N4O. The molecule has 3 N–H and O–H groups in total. The number of nitrogens with zero attached hydrogens (tertiary/aromatic N) is 2. The SMILES string of the molecule is CCNc1cc(NCC(O)CC(C)(C)C)nc(C(C)C)n1. The van der Waals surface area contributed by atoms with E-state index in [1.807, 2.05) is 13.0 Å². The molecule has 1 aromatic heterocycles. The summed E-state index contributed by atoms with van der Waals surface area (Å²) in [5.74, 6) is 2.66. The molecule has 0 spiro atoms. The molecular weight excluding hydrogens is 264 g/mol. The zero-order chi connectivity index (χ0) is 16.0. The van der Waals surface area contributed by atoms with E-state index in [1.165, 1.54) is 0 Å². The van der Waals surface area contributed by atoms with E-state index in [0.717, 1.165) is 30.4 Å². The molecule has 0 bridgehead atoms. The van der Waals surface area contributed by atoms with E-state index in [9.17, 15) is 5.11 Å². The Morgan fingerprint density at radius 3 is 2.19 bits per heavy atom. The average Bonchev–Trinajstić information content (AvgIpc) is 2.34. The minimum absolute atomic E-state index is 0.116. The van der Waals surface area contributed by atoms with Gasteiger partial charge in [-0.05, 0) is 18.8 Å². The number of rotatable bonds is 7. The second kappa shape index (κ2) is 7.59. The molecule has 1 unspecified atom stereocenters. The Morgan fingerprint density at radius 2 is 1.71 bits per heavy atom. The van der Waals surface area contributed by atoms with Crippen LogP contribution in [0.4, 0.5) is 11.6 Å². The van der Waals surface area contributed by atoms with Crippen molar-refractivity contribution in [3.05, 3.63) is 11.9 Å². The van der Waals surface area contributed by atoms with Crippen molar-refractivity contribution in [2.24, 2.45) is 5.41 Å². The summed E-state index contributed by atoms with van der Waals surface area (Å²) in [6, 6.07) is 1.89. The Labute approximate surface area is 128 Å². The van der Waals surface area contributed by atoms with Crippen molar-refractivity contribution in [1.82, 2.24) is 9.97 Å². The molecule has 0 aliphatic rings. The molecule has 1 rings (SSSR count). The summed E-state index contributed by atoms with van der Waals surface area (Å²) in [5.41, 5.74) is 0.116. The van der Waals surface area contributed by atoms with Crippen LogP contribution in [-0.2, 0) is 0 Å². The third kappa shape index (κ3) is 6.76. The fourth-order valence-electron chi connectivity index (χ4n) is 2.09. The Kier molecular flexibility index (Phi) is 6.40. The maximum absolute atomic E-state index is 10.1. The van der Waals surface area contributed by atoms with Crippen LogP contribution in [0.25, 0.3) is 0 Å². The molecule has 0 saturated carbocycles. The minimum Gasteiger partial charge on any atom is -0.391 e. The molecule has 1 atom stereocenters. The van der Waals surface area contributed by atoms with Gasteiger partial charge < -0.3 is 15.7 Å². The highest BCUT2D eigenvalue weighted by molar-refractivity contribution is 5.47. The van der Waals surface area contributed by atoms with Crippen molar-refractivity contribution in [3.8, 4) is 0 Å². The number of hydrogen-bond acceptors (Lipinski definition) is 5. The molecule has 0 aliphatic heterocycles. The molecule has 0 fully saturated rings. The van der Waals surface area contributed by atoms with Gasteiger partial charge in [0, 0.05) is 25.1 Å². The first-order chi connectivity index (χ1) is 9.71. The fraction of sp³-hybridized carbons (Fsp3) is 0.750. The highest BCUT2D eigenvalue weighted by Gasteiger charge is 2.17. The maximum Gasteiger partial charge on any atom is 0.135 e. The van der Waals surface area contributed by atoms with Gasteiger partial charge in [0.15, 0.2) is 0 Å². The highest BCUT2D eigenvalue weighted by Crippen LogP contribution is 2.21. The first-order valence-electron chi connectivity index (χ1n) is 7.76. The van der Waals surface area contributed by atoms with Gasteiger partial charge in [-0.3, -0.25) is 0 Å². The Morgan fingerprint density at radius 1 is 1.14 bits per heavy atom. The molecule has 120 valence electrons. The summed E-state index contributed by atoms with van der Waals surface area (Å²) in [7, 11) is 0. The number of hydrogen-bond donors (Lipinski definition) is 3. The third-order valence-corrected chi connectivity index (χ3v) is 2.98. The zero-order valence-electron chi connectivity index (χ0n) is 14.2. The minimum atomic E-state index is -0.384. The van der Waals surface area contributed by atoms with Gasteiger partial charge in [-0.2, -0.15) is 0 Å². The third-order valence-electron chi connectivity index (χ3n) is 2.98. The van der Waals surface area contributed by atoms with Crippen LogP contribution in [0.3, 0.4) is 0 Å². The van der Waals surface area contributed by atoms with Crippen molar-refractivity contribution in [1.29, 1.82) is 0 Å². The first kappa shape index (κ1) is 17.7. The van der Waals surface area contributed by atoms with Crippen LogP contribution >= 0.6 is 0 Å². The second-order valence-corrected chi connectivity index (χ2v) is 6.98. The number of aromatic nitrogens is 2. The van der Waals surface area contributed by atoms with Crippen molar-refractivity contribution in [3.63, 3.8) is 0 Å². The monoisotopic (exact) mass is 294 g/mol. The normalized spacial score (nSPS) is 13.3. The lowest BCUT2D eigenvalue weighted by Crippen LogP contribution is -2.25. The van der Waals surface area contributed by atoms with Crippen molar-refractivity contribution < 1.29 is 5.11 Å². The van der Waals surface area contributed by atoms with Crippen LogP contribution in [0.15, 0.2) is 6.07 Å². The van der Waals surface area contributed by atoms with Crippen molar-refractivity contribution in [2.75, 3.05) is 23.7 Å². The molecule has 5 heteroatoms. The van der Waals surface area contributed by atoms with Gasteiger partial charge in [0.1, 0.15) is 17.5 Å². The standard InChI is InChI=1S/C16H30N4O/c1-7-17-13-8-14(20-15(19-13)11(2)3)18-10-12(21)9-16(4,5)6/h8,11-12,21H,7,9-10H2,1-6H3,(H2,17,18,19,20). The number of nitrogens with one attached hydrogen (secondary N) is 2. The quantitative estimate of drug-likeness (QED) is 0.720. The molecule has 1 aromatic rings.